The maximum atomic E-state index is 6.17. The highest BCUT2D eigenvalue weighted by Gasteiger charge is 2.27. The number of ether oxygens (including phenoxy) is 5. The second-order valence-electron chi connectivity index (χ2n) is 7.25. The monoisotopic (exact) mass is 469 g/mol. The van der Waals surface area contributed by atoms with E-state index in [2.05, 4.69) is 32.6 Å². The summed E-state index contributed by atoms with van der Waals surface area (Å²) in [5.41, 5.74) is -0.961. The van der Waals surface area contributed by atoms with Gasteiger partial charge in [0.25, 0.3) is 0 Å². The van der Waals surface area contributed by atoms with Crippen LogP contribution in [0.4, 0.5) is 0 Å². The van der Waals surface area contributed by atoms with E-state index in [0.717, 1.165) is 44.9 Å². The molecule has 0 radical (unpaired) electrons. The van der Waals surface area contributed by atoms with E-state index in [1.54, 1.807) is 0 Å². The molecule has 3 atom stereocenters. The van der Waals surface area contributed by atoms with Gasteiger partial charge in [-0.3, -0.25) is 4.90 Å². The van der Waals surface area contributed by atoms with Crippen LogP contribution in [0.25, 0.3) is 0 Å². The van der Waals surface area contributed by atoms with Crippen LogP contribution < -0.4 is 0 Å². The van der Waals surface area contributed by atoms with Crippen LogP contribution in [-0.2, 0) is 23.7 Å². The van der Waals surface area contributed by atoms with Crippen molar-refractivity contribution >= 4 is 17.2 Å². The van der Waals surface area contributed by atoms with E-state index >= 15 is 0 Å². The first-order valence-electron chi connectivity index (χ1n) is 11.7. The Bertz CT molecular complexity index is 364. The maximum absolute atomic E-state index is 6.17. The SMILES string of the molecule is CCCOC(CC)N(CCPC(C)(OCC)OCC)CCPC(C)(OCC)OCC. The molecule has 0 aliphatic carbocycles. The van der Waals surface area contributed by atoms with Crippen molar-refractivity contribution in [3.05, 3.63) is 0 Å². The smallest absolute Gasteiger partial charge is 0.180 e. The molecule has 0 N–H and O–H groups in total. The van der Waals surface area contributed by atoms with Gasteiger partial charge in [0.1, 0.15) is 6.23 Å². The van der Waals surface area contributed by atoms with Crippen molar-refractivity contribution in [1.29, 1.82) is 0 Å². The predicted molar refractivity (Wildman–Crippen MR) is 132 cm³/mol. The second-order valence-corrected chi connectivity index (χ2v) is 10.8. The van der Waals surface area contributed by atoms with E-state index in [4.69, 9.17) is 23.7 Å². The summed E-state index contributed by atoms with van der Waals surface area (Å²) in [5.74, 6) is 0. The Labute approximate surface area is 190 Å². The molecule has 30 heavy (non-hydrogen) atoms. The van der Waals surface area contributed by atoms with Gasteiger partial charge in [0.05, 0.1) is 0 Å². The predicted octanol–water partition coefficient (Wildman–Crippen LogP) is 5.30. The summed E-state index contributed by atoms with van der Waals surface area (Å²) in [7, 11) is 1.17. The first kappa shape index (κ1) is 30.6. The van der Waals surface area contributed by atoms with Crippen molar-refractivity contribution in [2.24, 2.45) is 0 Å². The minimum absolute atomic E-state index is 0.149. The molecule has 0 saturated heterocycles. The minimum Gasteiger partial charge on any atom is -0.363 e. The fraction of sp³-hybridized carbons (Fsp3) is 1.00. The van der Waals surface area contributed by atoms with Gasteiger partial charge in [-0.25, -0.2) is 0 Å². The lowest BCUT2D eigenvalue weighted by Crippen LogP contribution is -2.41. The zero-order valence-corrected chi connectivity index (χ0v) is 22.8. The Balaban J connectivity index is 4.93. The molecule has 0 saturated carbocycles. The summed E-state index contributed by atoms with van der Waals surface area (Å²) < 4.78 is 29.7. The molecule has 0 amide bonds. The van der Waals surface area contributed by atoms with E-state index in [0.29, 0.717) is 43.6 Å². The zero-order chi connectivity index (χ0) is 22.9. The Hall–Kier alpha value is 0.620. The molecule has 0 aliphatic rings. The van der Waals surface area contributed by atoms with E-state index in [1.807, 2.05) is 27.7 Å². The summed E-state index contributed by atoms with van der Waals surface area (Å²) in [4.78, 5) is 2.48. The molecule has 0 aliphatic heterocycles. The molecule has 8 heteroatoms. The topological polar surface area (TPSA) is 49.4 Å². The Kier molecular flexibility index (Phi) is 18.5. The molecule has 0 aromatic carbocycles. The number of nitrogens with zero attached hydrogens (tertiary/aromatic N) is 1. The highest BCUT2D eigenvalue weighted by molar-refractivity contribution is 7.39. The molecular weight excluding hydrogens is 420 g/mol. The van der Waals surface area contributed by atoms with Crippen LogP contribution in [0.5, 0.6) is 0 Å². The molecule has 0 aromatic heterocycles. The molecule has 0 heterocycles. The first-order valence-corrected chi connectivity index (χ1v) is 14.2. The van der Waals surface area contributed by atoms with Crippen LogP contribution in [0.1, 0.15) is 68.2 Å². The molecule has 0 aromatic rings. The Morgan fingerprint density at radius 2 is 1.10 bits per heavy atom. The standard InChI is InChI=1S/C22H49NO5P2/c1-9-17-24-20(10-2)23(15-18-29-21(7,25-11-3)26-12-4)16-19-30-22(8,27-13-5)28-14-6/h20,29-30H,9-19H2,1-8H3. The van der Waals surface area contributed by atoms with Gasteiger partial charge in [0.15, 0.2) is 11.1 Å². The Morgan fingerprint density at radius 3 is 1.40 bits per heavy atom. The summed E-state index contributed by atoms with van der Waals surface area (Å²) in [6, 6.07) is 0. The molecule has 6 nitrogen and oxygen atoms in total. The van der Waals surface area contributed by atoms with Crippen LogP contribution in [0.15, 0.2) is 0 Å². The molecule has 3 unspecified atom stereocenters. The van der Waals surface area contributed by atoms with Crippen molar-refractivity contribution in [3.63, 3.8) is 0 Å². The highest BCUT2D eigenvalue weighted by atomic mass is 31.1. The summed E-state index contributed by atoms with van der Waals surface area (Å²) in [6.45, 7) is 22.0. The van der Waals surface area contributed by atoms with E-state index in [-0.39, 0.29) is 6.23 Å². The van der Waals surface area contributed by atoms with E-state index in [9.17, 15) is 0 Å². The van der Waals surface area contributed by atoms with Crippen LogP contribution >= 0.6 is 17.2 Å². The average molecular weight is 470 g/mol. The summed E-state index contributed by atoms with van der Waals surface area (Å²) in [6.07, 6.45) is 4.22. The van der Waals surface area contributed by atoms with Gasteiger partial charge in [-0.05, 0) is 66.7 Å². The van der Waals surface area contributed by atoms with Gasteiger partial charge in [-0.1, -0.05) is 31.0 Å². The normalized spacial score (nSPS) is 14.7. The lowest BCUT2D eigenvalue weighted by molar-refractivity contribution is -0.156. The molecule has 182 valence electrons. The molecule has 0 fully saturated rings. The largest absolute Gasteiger partial charge is 0.363 e. The van der Waals surface area contributed by atoms with Crippen molar-refractivity contribution in [2.45, 2.75) is 85.5 Å². The quantitative estimate of drug-likeness (QED) is 0.168. The molecule has 0 spiro atoms. The lowest BCUT2D eigenvalue weighted by atomic mass is 10.3. The number of hydrogen-bond acceptors (Lipinski definition) is 6. The molecule has 0 rings (SSSR count). The van der Waals surface area contributed by atoms with Crippen molar-refractivity contribution in [1.82, 2.24) is 4.90 Å². The van der Waals surface area contributed by atoms with E-state index < -0.39 is 11.1 Å². The van der Waals surface area contributed by atoms with Crippen LogP contribution in [0.3, 0.4) is 0 Å². The van der Waals surface area contributed by atoms with Gasteiger partial charge in [-0.15, -0.1) is 0 Å². The van der Waals surface area contributed by atoms with E-state index in [1.165, 1.54) is 0 Å². The van der Waals surface area contributed by atoms with Gasteiger partial charge in [-0.2, -0.15) is 0 Å². The third kappa shape index (κ3) is 13.2. The summed E-state index contributed by atoms with van der Waals surface area (Å²) >= 11 is 0. The fourth-order valence-corrected chi connectivity index (χ4v) is 6.07. The minimum atomic E-state index is -0.481. The van der Waals surface area contributed by atoms with Gasteiger partial charge in [0.2, 0.25) is 0 Å². The van der Waals surface area contributed by atoms with Crippen LogP contribution in [0.2, 0.25) is 0 Å². The third-order valence-corrected chi connectivity index (χ3v) is 7.45. The zero-order valence-electron chi connectivity index (χ0n) is 20.8. The van der Waals surface area contributed by atoms with Crippen molar-refractivity contribution in [3.8, 4) is 0 Å². The van der Waals surface area contributed by atoms with Gasteiger partial charge in [0, 0.05) is 46.1 Å². The average Bonchev–Trinajstić information content (AvgIpc) is 2.68. The van der Waals surface area contributed by atoms with Crippen molar-refractivity contribution < 1.29 is 23.7 Å². The number of rotatable bonds is 21. The number of hydrogen-bond donors (Lipinski definition) is 0. The van der Waals surface area contributed by atoms with Crippen molar-refractivity contribution in [2.75, 3.05) is 58.4 Å². The lowest BCUT2D eigenvalue weighted by Gasteiger charge is -2.35. The van der Waals surface area contributed by atoms with Crippen LogP contribution in [0, 0.1) is 0 Å². The maximum Gasteiger partial charge on any atom is 0.180 e. The molecule has 0 bridgehead atoms. The Morgan fingerprint density at radius 1 is 0.700 bits per heavy atom. The summed E-state index contributed by atoms with van der Waals surface area (Å²) in [5, 5.41) is 0. The van der Waals surface area contributed by atoms with Gasteiger partial charge >= 0.3 is 0 Å². The third-order valence-electron chi connectivity index (χ3n) is 4.64. The second kappa shape index (κ2) is 18.1. The first-order chi connectivity index (χ1) is 14.3. The van der Waals surface area contributed by atoms with Crippen LogP contribution in [-0.4, -0.2) is 80.6 Å². The fourth-order valence-electron chi connectivity index (χ4n) is 3.38. The molecular formula is C22H49NO5P2. The van der Waals surface area contributed by atoms with Gasteiger partial charge < -0.3 is 23.7 Å². The highest BCUT2D eigenvalue weighted by Crippen LogP contribution is 2.36.